The lowest BCUT2D eigenvalue weighted by molar-refractivity contribution is 0.0575. The highest BCUT2D eigenvalue weighted by Gasteiger charge is 2.34. The van der Waals surface area contributed by atoms with Gasteiger partial charge < -0.3 is 14.2 Å². The van der Waals surface area contributed by atoms with E-state index < -0.39 is 10.0 Å². The Bertz CT molecular complexity index is 1100. The highest BCUT2D eigenvalue weighted by molar-refractivity contribution is 7.89. The summed E-state index contributed by atoms with van der Waals surface area (Å²) in [5.41, 5.74) is 1.13. The van der Waals surface area contributed by atoms with Crippen LogP contribution in [0.15, 0.2) is 41.3 Å². The van der Waals surface area contributed by atoms with E-state index in [0.29, 0.717) is 18.0 Å². The molecule has 0 unspecified atom stereocenters. The number of ether oxygens (including phenoxy) is 3. The standard InChI is InChI=1S/C25H33ClN2O5S/c1-27(34(29,30)22-8-9-24(31-2)25(15-22)32-3)16-18-12-21(13-18)33-20-7-6-19(23(26)14-20)17-28-10-4-5-11-28/h6-9,14-15,18,21H,4-5,10-13,16-17H2,1-3H3. The van der Waals surface area contributed by atoms with Gasteiger partial charge in [-0.05, 0) is 74.5 Å². The minimum absolute atomic E-state index is 0.0719. The van der Waals surface area contributed by atoms with Crippen molar-refractivity contribution in [2.45, 2.75) is 43.2 Å². The van der Waals surface area contributed by atoms with E-state index in [1.54, 1.807) is 13.1 Å². The van der Waals surface area contributed by atoms with Crippen molar-refractivity contribution in [1.29, 1.82) is 0 Å². The zero-order valence-corrected chi connectivity index (χ0v) is 21.6. The Morgan fingerprint density at radius 1 is 1.03 bits per heavy atom. The topological polar surface area (TPSA) is 68.3 Å². The van der Waals surface area contributed by atoms with Crippen LogP contribution >= 0.6 is 11.6 Å². The first-order chi connectivity index (χ1) is 16.3. The molecule has 0 N–H and O–H groups in total. The maximum Gasteiger partial charge on any atom is 0.242 e. The molecule has 0 amide bonds. The van der Waals surface area contributed by atoms with Gasteiger partial charge in [-0.1, -0.05) is 17.7 Å². The second-order valence-electron chi connectivity index (χ2n) is 9.12. The molecule has 4 rings (SSSR count). The van der Waals surface area contributed by atoms with Gasteiger partial charge in [-0.25, -0.2) is 12.7 Å². The van der Waals surface area contributed by atoms with Gasteiger partial charge in [-0.3, -0.25) is 4.90 Å². The number of benzene rings is 2. The normalized spacial score (nSPS) is 20.9. The summed E-state index contributed by atoms with van der Waals surface area (Å²) in [6.45, 7) is 3.58. The van der Waals surface area contributed by atoms with Crippen LogP contribution in [0.1, 0.15) is 31.2 Å². The van der Waals surface area contributed by atoms with Gasteiger partial charge in [0.25, 0.3) is 0 Å². The van der Waals surface area contributed by atoms with Gasteiger partial charge in [0, 0.05) is 31.2 Å². The highest BCUT2D eigenvalue weighted by atomic mass is 35.5. The molecule has 0 bridgehead atoms. The number of nitrogens with zero attached hydrogens (tertiary/aromatic N) is 2. The first-order valence-corrected chi connectivity index (χ1v) is 13.5. The molecule has 2 aromatic rings. The average molecular weight is 509 g/mol. The van der Waals surface area contributed by atoms with E-state index in [9.17, 15) is 8.42 Å². The van der Waals surface area contributed by atoms with Crippen molar-refractivity contribution in [3.8, 4) is 17.2 Å². The minimum atomic E-state index is -3.63. The van der Waals surface area contributed by atoms with Crippen molar-refractivity contribution < 1.29 is 22.6 Å². The Morgan fingerprint density at radius 3 is 2.38 bits per heavy atom. The predicted octanol–water partition coefficient (Wildman–Crippen LogP) is 4.43. The van der Waals surface area contributed by atoms with E-state index >= 15 is 0 Å². The van der Waals surface area contributed by atoms with Gasteiger partial charge in [-0.15, -0.1) is 0 Å². The Kier molecular flexibility index (Phi) is 7.92. The van der Waals surface area contributed by atoms with Crippen LogP contribution in [0.5, 0.6) is 17.2 Å². The summed E-state index contributed by atoms with van der Waals surface area (Å²) in [5.74, 6) is 1.89. The van der Waals surface area contributed by atoms with Gasteiger partial charge in [0.05, 0.1) is 25.2 Å². The lowest BCUT2D eigenvalue weighted by Gasteiger charge is -2.37. The van der Waals surface area contributed by atoms with Gasteiger partial charge in [0.1, 0.15) is 5.75 Å². The molecule has 0 spiro atoms. The molecule has 34 heavy (non-hydrogen) atoms. The van der Waals surface area contributed by atoms with E-state index in [0.717, 1.165) is 48.8 Å². The molecule has 0 atom stereocenters. The van der Waals surface area contributed by atoms with E-state index in [4.69, 9.17) is 25.8 Å². The third kappa shape index (κ3) is 5.62. The number of hydrogen-bond acceptors (Lipinski definition) is 6. The van der Waals surface area contributed by atoms with Crippen LogP contribution in [0.25, 0.3) is 0 Å². The van der Waals surface area contributed by atoms with Crippen LogP contribution in [-0.2, 0) is 16.6 Å². The summed E-state index contributed by atoms with van der Waals surface area (Å²) in [4.78, 5) is 2.61. The number of rotatable bonds is 10. The van der Waals surface area contributed by atoms with Gasteiger partial charge in [0.2, 0.25) is 10.0 Å². The first-order valence-electron chi connectivity index (χ1n) is 11.7. The van der Waals surface area contributed by atoms with Crippen molar-refractivity contribution >= 4 is 21.6 Å². The minimum Gasteiger partial charge on any atom is -0.493 e. The monoisotopic (exact) mass is 508 g/mol. The Labute approximate surface area is 207 Å². The van der Waals surface area contributed by atoms with Crippen LogP contribution in [0, 0.1) is 5.92 Å². The number of sulfonamides is 1. The SMILES string of the molecule is COc1ccc(S(=O)(=O)N(C)CC2CC(Oc3ccc(CN4CCCC4)c(Cl)c3)C2)cc1OC. The maximum atomic E-state index is 13.0. The fraction of sp³-hybridized carbons (Fsp3) is 0.520. The van der Waals surface area contributed by atoms with E-state index in [1.807, 2.05) is 12.1 Å². The summed E-state index contributed by atoms with van der Waals surface area (Å²) < 4.78 is 44.0. The van der Waals surface area contributed by atoms with Crippen LogP contribution < -0.4 is 14.2 Å². The fourth-order valence-corrected chi connectivity index (χ4v) is 6.14. The number of methoxy groups -OCH3 is 2. The molecular formula is C25H33ClN2O5S. The van der Waals surface area contributed by atoms with Gasteiger partial charge in [0.15, 0.2) is 11.5 Å². The molecule has 1 aliphatic carbocycles. The molecule has 2 aliphatic rings. The second-order valence-corrected chi connectivity index (χ2v) is 11.6. The van der Waals surface area contributed by atoms with Crippen molar-refractivity contribution in [2.75, 3.05) is 40.9 Å². The van der Waals surface area contributed by atoms with Crippen molar-refractivity contribution in [3.63, 3.8) is 0 Å². The molecule has 0 radical (unpaired) electrons. The molecule has 2 aromatic carbocycles. The lowest BCUT2D eigenvalue weighted by atomic mass is 9.82. The summed E-state index contributed by atoms with van der Waals surface area (Å²) in [5, 5.41) is 0.737. The van der Waals surface area contributed by atoms with Crippen LogP contribution in [0.4, 0.5) is 0 Å². The molecule has 0 aromatic heterocycles. The summed E-state index contributed by atoms with van der Waals surface area (Å²) in [7, 11) is 0.986. The average Bonchev–Trinajstić information content (AvgIpc) is 3.31. The smallest absolute Gasteiger partial charge is 0.242 e. The number of halogens is 1. The molecule has 9 heteroatoms. The molecule has 1 aliphatic heterocycles. The number of hydrogen-bond donors (Lipinski definition) is 0. The Hall–Kier alpha value is -2.00. The molecule has 1 saturated carbocycles. The van der Waals surface area contributed by atoms with E-state index in [-0.39, 0.29) is 16.9 Å². The van der Waals surface area contributed by atoms with Crippen molar-refractivity contribution in [3.05, 3.63) is 47.0 Å². The van der Waals surface area contributed by atoms with Crippen LogP contribution in [0.2, 0.25) is 5.02 Å². The summed E-state index contributed by atoms with van der Waals surface area (Å²) in [6, 6.07) is 10.6. The molecular weight excluding hydrogens is 476 g/mol. The highest BCUT2D eigenvalue weighted by Crippen LogP contribution is 2.35. The third-order valence-corrected chi connectivity index (χ3v) is 8.86. The fourth-order valence-electron chi connectivity index (χ4n) is 4.64. The third-order valence-electron chi connectivity index (χ3n) is 6.69. The van der Waals surface area contributed by atoms with Crippen molar-refractivity contribution in [2.24, 2.45) is 5.92 Å². The molecule has 1 heterocycles. The molecule has 7 nitrogen and oxygen atoms in total. The second kappa shape index (κ2) is 10.7. The van der Waals surface area contributed by atoms with E-state index in [1.165, 1.54) is 43.5 Å². The van der Waals surface area contributed by atoms with Gasteiger partial charge >= 0.3 is 0 Å². The zero-order chi connectivity index (χ0) is 24.3. The zero-order valence-electron chi connectivity index (χ0n) is 20.0. The van der Waals surface area contributed by atoms with Crippen molar-refractivity contribution in [1.82, 2.24) is 9.21 Å². The van der Waals surface area contributed by atoms with Gasteiger partial charge in [-0.2, -0.15) is 0 Å². The van der Waals surface area contributed by atoms with Crippen LogP contribution in [-0.4, -0.2) is 64.6 Å². The first kappa shape index (κ1) is 25.1. The number of likely N-dealkylation sites (tertiary alicyclic amines) is 1. The van der Waals surface area contributed by atoms with Crippen LogP contribution in [0.3, 0.4) is 0 Å². The molecule has 1 saturated heterocycles. The molecule has 2 fully saturated rings. The lowest BCUT2D eigenvalue weighted by Crippen LogP contribution is -2.41. The summed E-state index contributed by atoms with van der Waals surface area (Å²) in [6.07, 6.45) is 4.19. The predicted molar refractivity (Wildman–Crippen MR) is 132 cm³/mol. The maximum absolute atomic E-state index is 13.0. The quantitative estimate of drug-likeness (QED) is 0.473. The Balaban J connectivity index is 1.29. The molecule has 186 valence electrons. The largest absolute Gasteiger partial charge is 0.493 e. The van der Waals surface area contributed by atoms with E-state index in [2.05, 4.69) is 11.0 Å². The Morgan fingerprint density at radius 2 is 1.74 bits per heavy atom. The summed E-state index contributed by atoms with van der Waals surface area (Å²) >= 11 is 6.50.